The van der Waals surface area contributed by atoms with Crippen LogP contribution in [0, 0.1) is 0 Å². The molecule has 0 unspecified atom stereocenters. The zero-order valence-corrected chi connectivity index (χ0v) is 27.1. The monoisotopic (exact) mass is 638 g/mol. The van der Waals surface area contributed by atoms with Gasteiger partial charge in [-0.2, -0.15) is 0 Å². The first-order valence-electron chi connectivity index (χ1n) is 16.9. The highest BCUT2D eigenvalue weighted by Crippen LogP contribution is 2.40. The standard InChI is InChI=1S/C46H30N4/c1-4-15-31(16-5-1)40-30-41(48-46(47-40)32-17-6-2-7-18-32)33-19-14-22-35(27-33)50-43-26-13-11-24-37(43)39-28-44-38(29-45(39)50)36-23-10-12-25-42(36)49(44)34-20-8-3-9-21-34/h1-30H. The highest BCUT2D eigenvalue weighted by atomic mass is 15.0. The molecule has 0 bridgehead atoms. The van der Waals surface area contributed by atoms with Crippen molar-refractivity contribution >= 4 is 43.6 Å². The number of rotatable bonds is 5. The molecule has 0 aliphatic rings. The van der Waals surface area contributed by atoms with Crippen LogP contribution in [0.5, 0.6) is 0 Å². The Morgan fingerprint density at radius 2 is 0.760 bits per heavy atom. The smallest absolute Gasteiger partial charge is 0.160 e. The summed E-state index contributed by atoms with van der Waals surface area (Å²) in [7, 11) is 0. The van der Waals surface area contributed by atoms with Crippen LogP contribution >= 0.6 is 0 Å². The van der Waals surface area contributed by atoms with Gasteiger partial charge in [-0.1, -0.05) is 127 Å². The van der Waals surface area contributed by atoms with Crippen LogP contribution < -0.4 is 0 Å². The summed E-state index contributed by atoms with van der Waals surface area (Å²) in [5.74, 6) is 0.710. The SMILES string of the molecule is c1ccc(-c2cc(-c3cccc(-n4c5ccccc5c5cc6c(cc54)c4ccccc4n6-c4ccccc4)c3)nc(-c3ccccc3)n2)cc1. The molecule has 0 atom stereocenters. The maximum atomic E-state index is 5.13. The molecule has 0 aliphatic carbocycles. The minimum Gasteiger partial charge on any atom is -0.309 e. The van der Waals surface area contributed by atoms with E-state index in [-0.39, 0.29) is 0 Å². The van der Waals surface area contributed by atoms with Gasteiger partial charge in [0.15, 0.2) is 5.82 Å². The number of benzene rings is 7. The summed E-state index contributed by atoms with van der Waals surface area (Å²) in [5.41, 5.74) is 11.8. The Morgan fingerprint density at radius 1 is 0.300 bits per heavy atom. The van der Waals surface area contributed by atoms with Crippen LogP contribution in [-0.4, -0.2) is 19.1 Å². The summed E-state index contributed by atoms with van der Waals surface area (Å²) in [6.07, 6.45) is 0. The Kier molecular flexibility index (Phi) is 6.46. The molecule has 0 spiro atoms. The van der Waals surface area contributed by atoms with Gasteiger partial charge in [-0.25, -0.2) is 9.97 Å². The summed E-state index contributed by atoms with van der Waals surface area (Å²) < 4.78 is 4.79. The molecule has 0 amide bonds. The molecule has 0 aliphatic heterocycles. The molecule has 10 rings (SSSR count). The van der Waals surface area contributed by atoms with Crippen LogP contribution in [-0.2, 0) is 0 Å². The van der Waals surface area contributed by atoms with E-state index in [4.69, 9.17) is 9.97 Å². The van der Waals surface area contributed by atoms with Gasteiger partial charge in [0.25, 0.3) is 0 Å². The lowest BCUT2D eigenvalue weighted by Crippen LogP contribution is -1.98. The predicted octanol–water partition coefficient (Wildman–Crippen LogP) is 11.7. The minimum absolute atomic E-state index is 0.710. The predicted molar refractivity (Wildman–Crippen MR) is 207 cm³/mol. The zero-order chi connectivity index (χ0) is 33.0. The Labute approximate surface area is 289 Å². The van der Waals surface area contributed by atoms with Gasteiger partial charge in [0.1, 0.15) is 0 Å². The van der Waals surface area contributed by atoms with Crippen LogP contribution in [0.1, 0.15) is 0 Å². The van der Waals surface area contributed by atoms with Crippen molar-refractivity contribution in [2.24, 2.45) is 0 Å². The molecule has 4 heteroatoms. The average molecular weight is 639 g/mol. The molecular weight excluding hydrogens is 609 g/mol. The van der Waals surface area contributed by atoms with E-state index in [1.54, 1.807) is 0 Å². The van der Waals surface area contributed by atoms with Gasteiger partial charge < -0.3 is 9.13 Å². The van der Waals surface area contributed by atoms with Gasteiger partial charge in [0.05, 0.1) is 33.5 Å². The first-order valence-corrected chi connectivity index (χ1v) is 16.9. The van der Waals surface area contributed by atoms with Crippen molar-refractivity contribution in [3.05, 3.63) is 182 Å². The Balaban J connectivity index is 1.21. The maximum Gasteiger partial charge on any atom is 0.160 e. The molecule has 0 saturated heterocycles. The Morgan fingerprint density at radius 3 is 1.38 bits per heavy atom. The van der Waals surface area contributed by atoms with Crippen molar-refractivity contribution in [3.63, 3.8) is 0 Å². The lowest BCUT2D eigenvalue weighted by molar-refractivity contribution is 1.16. The van der Waals surface area contributed by atoms with E-state index in [2.05, 4.69) is 167 Å². The number of fused-ring (bicyclic) bond motifs is 6. The summed E-state index contributed by atoms with van der Waals surface area (Å²) in [6, 6.07) is 64.3. The fraction of sp³-hybridized carbons (Fsp3) is 0. The van der Waals surface area contributed by atoms with Gasteiger partial charge in [0, 0.05) is 49.6 Å². The number of para-hydroxylation sites is 3. The quantitative estimate of drug-likeness (QED) is 0.188. The van der Waals surface area contributed by atoms with Crippen molar-refractivity contribution in [1.29, 1.82) is 0 Å². The maximum absolute atomic E-state index is 5.13. The zero-order valence-electron chi connectivity index (χ0n) is 27.1. The molecule has 4 nitrogen and oxygen atoms in total. The van der Waals surface area contributed by atoms with Crippen molar-refractivity contribution in [2.45, 2.75) is 0 Å². The third-order valence-corrected chi connectivity index (χ3v) is 9.71. The van der Waals surface area contributed by atoms with Crippen LogP contribution in [0.15, 0.2) is 182 Å². The molecule has 50 heavy (non-hydrogen) atoms. The van der Waals surface area contributed by atoms with Crippen molar-refractivity contribution in [2.75, 3.05) is 0 Å². The van der Waals surface area contributed by atoms with Crippen LogP contribution in [0.3, 0.4) is 0 Å². The van der Waals surface area contributed by atoms with Gasteiger partial charge >= 0.3 is 0 Å². The first kappa shape index (κ1) is 28.3. The molecule has 10 aromatic rings. The van der Waals surface area contributed by atoms with E-state index in [0.717, 1.165) is 39.5 Å². The summed E-state index contributed by atoms with van der Waals surface area (Å²) in [6.45, 7) is 0. The Bertz CT molecular complexity index is 2790. The van der Waals surface area contributed by atoms with E-state index < -0.39 is 0 Å². The molecule has 0 fully saturated rings. The van der Waals surface area contributed by atoms with Gasteiger partial charge in [-0.05, 0) is 54.6 Å². The number of hydrogen-bond donors (Lipinski definition) is 0. The molecule has 3 heterocycles. The van der Waals surface area contributed by atoms with E-state index in [1.165, 1.54) is 43.6 Å². The molecule has 234 valence electrons. The van der Waals surface area contributed by atoms with Crippen molar-refractivity contribution in [3.8, 4) is 45.3 Å². The molecule has 0 N–H and O–H groups in total. The van der Waals surface area contributed by atoms with Gasteiger partial charge in [0.2, 0.25) is 0 Å². The third-order valence-electron chi connectivity index (χ3n) is 9.71. The molecular formula is C46H30N4. The number of aromatic nitrogens is 4. The average Bonchev–Trinajstić information content (AvgIpc) is 3.70. The molecule has 3 aromatic heterocycles. The fourth-order valence-corrected chi connectivity index (χ4v) is 7.44. The summed E-state index contributed by atoms with van der Waals surface area (Å²) >= 11 is 0. The molecule has 0 saturated carbocycles. The molecule has 0 radical (unpaired) electrons. The third kappa shape index (κ3) is 4.54. The van der Waals surface area contributed by atoms with E-state index >= 15 is 0 Å². The minimum atomic E-state index is 0.710. The van der Waals surface area contributed by atoms with E-state index in [9.17, 15) is 0 Å². The second-order valence-corrected chi connectivity index (χ2v) is 12.7. The van der Waals surface area contributed by atoms with Crippen LogP contribution in [0.25, 0.3) is 88.9 Å². The van der Waals surface area contributed by atoms with Crippen molar-refractivity contribution in [1.82, 2.24) is 19.1 Å². The summed E-state index contributed by atoms with van der Waals surface area (Å²) in [4.78, 5) is 10.1. The van der Waals surface area contributed by atoms with Gasteiger partial charge in [-0.15, -0.1) is 0 Å². The van der Waals surface area contributed by atoms with Crippen LogP contribution in [0.4, 0.5) is 0 Å². The van der Waals surface area contributed by atoms with Gasteiger partial charge in [-0.3, -0.25) is 0 Å². The van der Waals surface area contributed by atoms with Crippen molar-refractivity contribution < 1.29 is 0 Å². The second-order valence-electron chi connectivity index (χ2n) is 12.7. The van der Waals surface area contributed by atoms with E-state index in [0.29, 0.717) is 5.82 Å². The number of nitrogens with zero attached hydrogens (tertiary/aromatic N) is 4. The number of hydrogen-bond acceptors (Lipinski definition) is 2. The first-order chi connectivity index (χ1) is 24.8. The normalized spacial score (nSPS) is 11.6. The lowest BCUT2D eigenvalue weighted by atomic mass is 10.1. The largest absolute Gasteiger partial charge is 0.309 e. The highest BCUT2D eigenvalue weighted by Gasteiger charge is 2.19. The Hall–Kier alpha value is -6.78. The molecule has 7 aromatic carbocycles. The second kappa shape index (κ2) is 11.4. The highest BCUT2D eigenvalue weighted by molar-refractivity contribution is 6.19. The topological polar surface area (TPSA) is 35.6 Å². The fourth-order valence-electron chi connectivity index (χ4n) is 7.44. The van der Waals surface area contributed by atoms with Crippen LogP contribution in [0.2, 0.25) is 0 Å². The summed E-state index contributed by atoms with van der Waals surface area (Å²) in [5, 5.41) is 4.91. The van der Waals surface area contributed by atoms with E-state index in [1.807, 2.05) is 24.3 Å². The lowest BCUT2D eigenvalue weighted by Gasteiger charge is -2.12.